The van der Waals surface area contributed by atoms with Crippen molar-refractivity contribution < 1.29 is 33.8 Å². The zero-order valence-corrected chi connectivity index (χ0v) is 18.8. The number of hydrogen-bond acceptors (Lipinski definition) is 8. The molecule has 2 aromatic rings. The van der Waals surface area contributed by atoms with E-state index in [4.69, 9.17) is 9.47 Å². The number of amides is 3. The number of carboxylic acid groups (broad SMARTS) is 1. The molecule has 0 unspecified atom stereocenters. The molecule has 0 aliphatic carbocycles. The minimum absolute atomic E-state index is 0.147. The number of aliphatic carboxylic acids is 1. The quantitative estimate of drug-likeness (QED) is 0.554. The first kappa shape index (κ1) is 23.9. The number of carboxylic acids is 1. The number of ether oxygens (including phenoxy) is 2. The molecule has 2 aromatic carbocycles. The molecule has 0 atom stereocenters. The van der Waals surface area contributed by atoms with Crippen molar-refractivity contribution in [2.24, 2.45) is 0 Å². The van der Waals surface area contributed by atoms with Crippen molar-refractivity contribution in [1.29, 1.82) is 0 Å². The van der Waals surface area contributed by atoms with Crippen LogP contribution in [0.2, 0.25) is 0 Å². The van der Waals surface area contributed by atoms with Gasteiger partial charge in [0.2, 0.25) is 5.91 Å². The SMILES string of the molecule is CCOc1cc(/C=C2\SC(=O)N(CC(=O)Nc3ccc(C)cc3)C2=O)ccc1OCC(=O)[O-]. The van der Waals surface area contributed by atoms with Gasteiger partial charge < -0.3 is 24.7 Å². The third kappa shape index (κ3) is 6.36. The average molecular weight is 469 g/mol. The highest BCUT2D eigenvalue weighted by Crippen LogP contribution is 2.34. The lowest BCUT2D eigenvalue weighted by Crippen LogP contribution is -2.36. The van der Waals surface area contributed by atoms with Gasteiger partial charge in [-0.3, -0.25) is 19.3 Å². The van der Waals surface area contributed by atoms with Crippen LogP contribution in [0, 0.1) is 6.92 Å². The van der Waals surface area contributed by atoms with E-state index in [0.717, 1.165) is 22.2 Å². The van der Waals surface area contributed by atoms with Crippen molar-refractivity contribution >= 4 is 46.5 Å². The molecule has 0 saturated carbocycles. The fraction of sp³-hybridized carbons (Fsp3) is 0.217. The maximum atomic E-state index is 12.7. The third-order valence-corrected chi connectivity index (χ3v) is 5.33. The van der Waals surface area contributed by atoms with Crippen LogP contribution in [-0.2, 0) is 14.4 Å². The van der Waals surface area contributed by atoms with Gasteiger partial charge in [-0.05, 0) is 61.5 Å². The van der Waals surface area contributed by atoms with Crippen LogP contribution in [0.25, 0.3) is 6.08 Å². The smallest absolute Gasteiger partial charge is 0.294 e. The van der Waals surface area contributed by atoms with Crippen molar-refractivity contribution in [1.82, 2.24) is 4.90 Å². The standard InChI is InChI=1S/C23H22N2O7S/c1-3-31-18-10-15(6-9-17(18)32-13-21(27)28)11-19-22(29)25(23(30)33-19)12-20(26)24-16-7-4-14(2)5-8-16/h4-11H,3,12-13H2,1-2H3,(H,24,26)(H,27,28)/p-1/b19-11-. The fourth-order valence-corrected chi connectivity index (χ4v) is 3.75. The summed E-state index contributed by atoms with van der Waals surface area (Å²) in [6.07, 6.45) is 1.49. The minimum Gasteiger partial charge on any atom is -0.546 e. The molecule has 33 heavy (non-hydrogen) atoms. The minimum atomic E-state index is -1.37. The summed E-state index contributed by atoms with van der Waals surface area (Å²) in [6, 6.07) is 11.8. The highest BCUT2D eigenvalue weighted by atomic mass is 32.2. The number of anilines is 1. The molecule has 0 bridgehead atoms. The second-order valence-electron chi connectivity index (χ2n) is 6.98. The molecule has 9 nitrogen and oxygen atoms in total. The largest absolute Gasteiger partial charge is 0.546 e. The lowest BCUT2D eigenvalue weighted by molar-refractivity contribution is -0.307. The van der Waals surface area contributed by atoms with Gasteiger partial charge in [-0.15, -0.1) is 0 Å². The molecule has 1 heterocycles. The molecule has 172 valence electrons. The number of imide groups is 1. The summed E-state index contributed by atoms with van der Waals surface area (Å²) in [5, 5.41) is 12.7. The van der Waals surface area contributed by atoms with E-state index in [1.165, 1.54) is 12.1 Å². The summed E-state index contributed by atoms with van der Waals surface area (Å²) in [5.41, 5.74) is 2.14. The Bertz CT molecular complexity index is 1110. The number of carbonyl (C=O) groups is 4. The van der Waals surface area contributed by atoms with Crippen molar-refractivity contribution in [3.63, 3.8) is 0 Å². The van der Waals surface area contributed by atoms with Gasteiger partial charge in [-0.1, -0.05) is 23.8 Å². The lowest BCUT2D eigenvalue weighted by Gasteiger charge is -2.13. The predicted molar refractivity (Wildman–Crippen MR) is 121 cm³/mol. The Balaban J connectivity index is 1.71. The van der Waals surface area contributed by atoms with Gasteiger partial charge in [0.25, 0.3) is 11.1 Å². The first-order chi connectivity index (χ1) is 15.8. The number of carbonyl (C=O) groups excluding carboxylic acids is 4. The maximum absolute atomic E-state index is 12.7. The molecular formula is C23H21N2O7S-. The Morgan fingerprint density at radius 2 is 1.82 bits per heavy atom. The first-order valence-electron chi connectivity index (χ1n) is 9.98. The van der Waals surface area contributed by atoms with Crippen LogP contribution in [0.5, 0.6) is 11.5 Å². The molecule has 1 aliphatic rings. The molecule has 10 heteroatoms. The van der Waals surface area contributed by atoms with E-state index >= 15 is 0 Å². The molecule has 0 spiro atoms. The zero-order valence-electron chi connectivity index (χ0n) is 18.0. The van der Waals surface area contributed by atoms with E-state index in [9.17, 15) is 24.3 Å². The topological polar surface area (TPSA) is 125 Å². The van der Waals surface area contributed by atoms with Gasteiger partial charge in [0.15, 0.2) is 11.5 Å². The van der Waals surface area contributed by atoms with Crippen molar-refractivity contribution in [2.75, 3.05) is 25.1 Å². The second-order valence-corrected chi connectivity index (χ2v) is 7.98. The van der Waals surface area contributed by atoms with Gasteiger partial charge in [0, 0.05) is 5.69 Å². The summed E-state index contributed by atoms with van der Waals surface area (Å²) in [5.74, 6) is -1.96. The Hall–Kier alpha value is -3.79. The Morgan fingerprint density at radius 3 is 2.48 bits per heavy atom. The van der Waals surface area contributed by atoms with Crippen LogP contribution in [0.4, 0.5) is 10.5 Å². The molecule has 0 aromatic heterocycles. The van der Waals surface area contributed by atoms with Gasteiger partial charge >= 0.3 is 0 Å². The predicted octanol–water partition coefficient (Wildman–Crippen LogP) is 2.20. The van der Waals surface area contributed by atoms with E-state index in [-0.39, 0.29) is 16.4 Å². The van der Waals surface area contributed by atoms with Crippen LogP contribution in [0.15, 0.2) is 47.4 Å². The van der Waals surface area contributed by atoms with Crippen LogP contribution in [0.3, 0.4) is 0 Å². The number of nitrogens with one attached hydrogen (secondary N) is 1. The molecular weight excluding hydrogens is 448 g/mol. The first-order valence-corrected chi connectivity index (χ1v) is 10.8. The lowest BCUT2D eigenvalue weighted by atomic mass is 10.2. The zero-order chi connectivity index (χ0) is 24.0. The van der Waals surface area contributed by atoms with E-state index in [2.05, 4.69) is 5.32 Å². The summed E-state index contributed by atoms with van der Waals surface area (Å²) in [7, 11) is 0. The van der Waals surface area contributed by atoms with Gasteiger partial charge in [-0.25, -0.2) is 0 Å². The van der Waals surface area contributed by atoms with E-state index in [0.29, 0.717) is 17.9 Å². The van der Waals surface area contributed by atoms with Crippen LogP contribution in [0.1, 0.15) is 18.1 Å². The number of aryl methyl sites for hydroxylation is 1. The second kappa shape index (κ2) is 10.7. The summed E-state index contributed by atoms with van der Waals surface area (Å²) >= 11 is 0.725. The highest BCUT2D eigenvalue weighted by Gasteiger charge is 2.36. The molecule has 1 saturated heterocycles. The normalized spacial score (nSPS) is 14.5. The molecule has 1 aliphatic heterocycles. The number of nitrogens with zero attached hydrogens (tertiary/aromatic N) is 1. The number of thioether (sulfide) groups is 1. The Labute approximate surface area is 194 Å². The van der Waals surface area contributed by atoms with Gasteiger partial charge in [-0.2, -0.15) is 0 Å². The van der Waals surface area contributed by atoms with Crippen molar-refractivity contribution in [2.45, 2.75) is 13.8 Å². The average Bonchev–Trinajstić information content (AvgIpc) is 3.02. The molecule has 0 radical (unpaired) electrons. The molecule has 1 fully saturated rings. The molecule has 3 rings (SSSR count). The Morgan fingerprint density at radius 1 is 1.09 bits per heavy atom. The van der Waals surface area contributed by atoms with Gasteiger partial charge in [0.05, 0.1) is 17.5 Å². The van der Waals surface area contributed by atoms with Crippen molar-refractivity contribution in [3.8, 4) is 11.5 Å². The number of hydrogen-bond donors (Lipinski definition) is 1. The fourth-order valence-electron chi connectivity index (χ4n) is 2.91. The van der Waals surface area contributed by atoms with E-state index in [1.807, 2.05) is 19.1 Å². The highest BCUT2D eigenvalue weighted by molar-refractivity contribution is 8.18. The summed E-state index contributed by atoms with van der Waals surface area (Å²) in [6.45, 7) is 2.93. The number of benzene rings is 2. The van der Waals surface area contributed by atoms with Crippen molar-refractivity contribution in [3.05, 3.63) is 58.5 Å². The Kier molecular flexibility index (Phi) is 7.73. The van der Waals surface area contributed by atoms with E-state index in [1.54, 1.807) is 31.2 Å². The summed E-state index contributed by atoms with van der Waals surface area (Å²) in [4.78, 5) is 49.0. The third-order valence-electron chi connectivity index (χ3n) is 4.42. The monoisotopic (exact) mass is 469 g/mol. The van der Waals surface area contributed by atoms with Crippen LogP contribution >= 0.6 is 11.8 Å². The van der Waals surface area contributed by atoms with E-state index < -0.39 is 36.2 Å². The number of rotatable bonds is 9. The maximum Gasteiger partial charge on any atom is 0.294 e. The van der Waals surface area contributed by atoms with Crippen LogP contribution in [-0.4, -0.2) is 47.7 Å². The van der Waals surface area contributed by atoms with Crippen LogP contribution < -0.4 is 19.9 Å². The summed E-state index contributed by atoms with van der Waals surface area (Å²) < 4.78 is 10.6. The van der Waals surface area contributed by atoms with Gasteiger partial charge in [0.1, 0.15) is 13.2 Å². The molecule has 3 amide bonds. The molecule has 1 N–H and O–H groups in total.